The van der Waals surface area contributed by atoms with E-state index >= 15 is 0 Å². The molecule has 1 N–H and O–H groups in total. The molecule has 170 valence electrons. The largest absolute Gasteiger partial charge is 0.506 e. The highest BCUT2D eigenvalue weighted by atomic mass is 35.5. The zero-order valence-corrected chi connectivity index (χ0v) is 20.6. The van der Waals surface area contributed by atoms with Crippen LogP contribution in [0.5, 0.6) is 5.75 Å². The third-order valence-electron chi connectivity index (χ3n) is 7.31. The second-order valence-electron chi connectivity index (χ2n) is 9.28. The summed E-state index contributed by atoms with van der Waals surface area (Å²) in [5, 5.41) is 12.6. The lowest BCUT2D eigenvalue weighted by Crippen LogP contribution is -2.14. The zero-order chi connectivity index (χ0) is 24.1. The van der Waals surface area contributed by atoms with Crippen LogP contribution in [0, 0.1) is 6.92 Å². The topological polar surface area (TPSA) is 25.2 Å². The van der Waals surface area contributed by atoms with Gasteiger partial charge in [-0.1, -0.05) is 89.9 Å². The van der Waals surface area contributed by atoms with Crippen molar-refractivity contribution in [2.75, 3.05) is 0 Å². The van der Waals surface area contributed by atoms with Crippen molar-refractivity contribution >= 4 is 47.5 Å². The van der Waals surface area contributed by atoms with E-state index in [1.165, 1.54) is 28.0 Å². The van der Waals surface area contributed by atoms with Gasteiger partial charge in [-0.3, -0.25) is 0 Å². The third-order valence-corrected chi connectivity index (χ3v) is 7.77. The lowest BCUT2D eigenvalue weighted by atomic mass is 9.86. The Hall–Kier alpha value is -3.69. The minimum absolute atomic E-state index is 0.171. The van der Waals surface area contributed by atoms with Crippen molar-refractivity contribution in [3.8, 4) is 22.6 Å². The summed E-state index contributed by atoms with van der Waals surface area (Å²) in [6, 6.07) is 29.6. The van der Waals surface area contributed by atoms with Gasteiger partial charge < -0.3 is 9.67 Å². The van der Waals surface area contributed by atoms with E-state index < -0.39 is 0 Å². The first-order valence-corrected chi connectivity index (χ1v) is 12.4. The summed E-state index contributed by atoms with van der Waals surface area (Å²) in [4.78, 5) is 0. The summed E-state index contributed by atoms with van der Waals surface area (Å²) >= 11 is 6.64. The van der Waals surface area contributed by atoms with E-state index in [-0.39, 0.29) is 5.75 Å². The number of benzene rings is 4. The lowest BCUT2D eigenvalue weighted by molar-refractivity contribution is 0.481. The average molecular weight is 474 g/mol. The average Bonchev–Trinajstić information content (AvgIpc) is 3.26. The molecule has 0 unspecified atom stereocenters. The van der Waals surface area contributed by atoms with Crippen LogP contribution in [0.2, 0.25) is 5.02 Å². The molecule has 4 aromatic carbocycles. The van der Waals surface area contributed by atoms with Gasteiger partial charge in [0.2, 0.25) is 0 Å². The van der Waals surface area contributed by atoms with Gasteiger partial charge in [-0.25, -0.2) is 0 Å². The maximum atomic E-state index is 11.3. The molecule has 1 heterocycles. The van der Waals surface area contributed by atoms with E-state index in [1.807, 2.05) is 19.1 Å². The second kappa shape index (κ2) is 8.51. The normalized spacial score (nSPS) is 13.0. The van der Waals surface area contributed by atoms with Crippen molar-refractivity contribution in [3.05, 3.63) is 112 Å². The molecule has 0 fully saturated rings. The molecule has 0 saturated carbocycles. The molecule has 5 aromatic rings. The Kier molecular flexibility index (Phi) is 5.31. The van der Waals surface area contributed by atoms with Gasteiger partial charge in [0.25, 0.3) is 0 Å². The van der Waals surface area contributed by atoms with Crippen LogP contribution in [-0.4, -0.2) is 17.5 Å². The summed E-state index contributed by atoms with van der Waals surface area (Å²) in [6.07, 6.45) is 4.08. The van der Waals surface area contributed by atoms with Gasteiger partial charge in [0.1, 0.15) is 13.6 Å². The molecule has 0 atom stereocenters. The van der Waals surface area contributed by atoms with E-state index in [2.05, 4.69) is 91.3 Å². The number of aromatic hydroxyl groups is 1. The molecule has 0 radical (unpaired) electrons. The van der Waals surface area contributed by atoms with E-state index in [0.29, 0.717) is 5.02 Å². The summed E-state index contributed by atoms with van der Waals surface area (Å²) in [5.74, 6) is 0.171. The molecule has 0 bridgehead atoms. The van der Waals surface area contributed by atoms with Gasteiger partial charge in [0.05, 0.1) is 15.9 Å². The molecular weight excluding hydrogens is 449 g/mol. The Morgan fingerprint density at radius 3 is 2.20 bits per heavy atom. The molecule has 1 aliphatic carbocycles. The van der Waals surface area contributed by atoms with Gasteiger partial charge in [-0.05, 0) is 65.8 Å². The summed E-state index contributed by atoms with van der Waals surface area (Å²) in [7, 11) is 2.10. The monoisotopic (exact) mass is 473 g/mol. The number of hydrogen-bond acceptors (Lipinski definition) is 1. The number of allylic oxidation sites excluding steroid dienone is 1. The van der Waals surface area contributed by atoms with E-state index in [1.54, 1.807) is 0 Å². The Bertz CT molecular complexity index is 1620. The fourth-order valence-corrected chi connectivity index (χ4v) is 5.62. The van der Waals surface area contributed by atoms with Crippen LogP contribution in [0.15, 0.2) is 84.9 Å². The maximum absolute atomic E-state index is 11.3. The van der Waals surface area contributed by atoms with Gasteiger partial charge in [0.15, 0.2) is 0 Å². The van der Waals surface area contributed by atoms with Gasteiger partial charge in [-0.15, -0.1) is 0 Å². The molecule has 1 aromatic heterocycles. The van der Waals surface area contributed by atoms with Crippen molar-refractivity contribution in [3.63, 3.8) is 0 Å². The van der Waals surface area contributed by atoms with Crippen LogP contribution < -0.4 is 5.46 Å². The maximum Gasteiger partial charge on any atom is 0.144 e. The highest BCUT2D eigenvalue weighted by Gasteiger charge is 2.27. The van der Waals surface area contributed by atoms with E-state index in [4.69, 9.17) is 11.6 Å². The molecule has 0 spiro atoms. The van der Waals surface area contributed by atoms with Crippen molar-refractivity contribution < 1.29 is 5.11 Å². The SMILES string of the molecule is Bc1c(C)c(Cl)c(O)c2c3c(n(-c4cccc(-c5ccccc5)c4)c12)CCC(c1ccccc1)=C3. The number of phenols is 1. The molecule has 1 aliphatic rings. The summed E-state index contributed by atoms with van der Waals surface area (Å²) < 4.78 is 2.34. The fraction of sp³-hybridized carbons (Fsp3) is 0.0968. The van der Waals surface area contributed by atoms with Gasteiger partial charge in [0, 0.05) is 16.9 Å². The van der Waals surface area contributed by atoms with Crippen LogP contribution in [0.25, 0.3) is 39.4 Å². The predicted molar refractivity (Wildman–Crippen MR) is 151 cm³/mol. The van der Waals surface area contributed by atoms with Gasteiger partial charge >= 0.3 is 0 Å². The number of hydrogen-bond donors (Lipinski definition) is 1. The van der Waals surface area contributed by atoms with E-state index in [9.17, 15) is 5.11 Å². The van der Waals surface area contributed by atoms with Crippen molar-refractivity contribution in [2.24, 2.45) is 0 Å². The molecule has 4 heteroatoms. The third kappa shape index (κ3) is 3.50. The number of aromatic nitrogens is 1. The Labute approximate surface area is 211 Å². The molecule has 6 rings (SSSR count). The highest BCUT2D eigenvalue weighted by Crippen LogP contribution is 2.44. The Balaban J connectivity index is 1.66. The van der Waals surface area contributed by atoms with Crippen LogP contribution in [0.4, 0.5) is 0 Å². The summed E-state index contributed by atoms with van der Waals surface area (Å²) in [5.41, 5.74) is 11.3. The lowest BCUT2D eigenvalue weighted by Gasteiger charge is -2.18. The molecular formula is C31H25BClNO. The number of rotatable bonds is 3. The number of halogens is 1. The molecule has 0 saturated heterocycles. The summed E-state index contributed by atoms with van der Waals surface area (Å²) in [6.45, 7) is 1.98. The van der Waals surface area contributed by atoms with Crippen molar-refractivity contribution in [2.45, 2.75) is 19.8 Å². The molecule has 0 aliphatic heterocycles. The first-order valence-electron chi connectivity index (χ1n) is 12.0. The molecule has 0 amide bonds. The second-order valence-corrected chi connectivity index (χ2v) is 9.66. The van der Waals surface area contributed by atoms with Crippen LogP contribution in [-0.2, 0) is 6.42 Å². The van der Waals surface area contributed by atoms with E-state index in [0.717, 1.165) is 46.0 Å². The van der Waals surface area contributed by atoms with Crippen LogP contribution in [0.3, 0.4) is 0 Å². The predicted octanol–water partition coefficient (Wildman–Crippen LogP) is 6.71. The standard InChI is InChI=1S/C31H25BClNO/c1-19-28(32)30-27(31(35)29(19)33)25-18-23(21-11-6-3-7-12-21)15-16-26(25)34(30)24-14-8-13-22(17-24)20-9-4-2-5-10-20/h2-14,17-18,35H,15-16,32H2,1H3. The Morgan fingerprint density at radius 2 is 1.49 bits per heavy atom. The first-order chi connectivity index (χ1) is 17.0. The smallest absolute Gasteiger partial charge is 0.144 e. The molecule has 2 nitrogen and oxygen atoms in total. The fourth-order valence-electron chi connectivity index (χ4n) is 5.38. The number of fused-ring (bicyclic) bond motifs is 3. The minimum Gasteiger partial charge on any atom is -0.506 e. The van der Waals surface area contributed by atoms with Crippen LogP contribution in [0.1, 0.15) is 28.8 Å². The van der Waals surface area contributed by atoms with Gasteiger partial charge in [-0.2, -0.15) is 0 Å². The van der Waals surface area contributed by atoms with Crippen molar-refractivity contribution in [1.29, 1.82) is 0 Å². The van der Waals surface area contributed by atoms with Crippen molar-refractivity contribution in [1.82, 2.24) is 4.57 Å². The Morgan fingerprint density at radius 1 is 0.829 bits per heavy atom. The quantitative estimate of drug-likeness (QED) is 0.289. The van der Waals surface area contributed by atoms with Crippen LogP contribution >= 0.6 is 11.6 Å². The number of nitrogens with zero attached hydrogens (tertiary/aromatic N) is 1. The molecule has 35 heavy (non-hydrogen) atoms. The number of phenolic OH excluding ortho intramolecular Hbond substituents is 1. The highest BCUT2D eigenvalue weighted by molar-refractivity contribution is 6.44. The minimum atomic E-state index is 0.171. The zero-order valence-electron chi connectivity index (χ0n) is 19.8. The first kappa shape index (κ1) is 21.8.